The van der Waals surface area contributed by atoms with E-state index in [4.69, 9.17) is 9.47 Å². The average molecular weight is 264 g/mol. The molecule has 0 fully saturated rings. The van der Waals surface area contributed by atoms with Crippen LogP contribution < -0.4 is 4.74 Å². The lowest BCUT2D eigenvalue weighted by Gasteiger charge is -2.19. The molecule has 0 aliphatic rings. The smallest absolute Gasteiger partial charge is 0.308 e. The minimum atomic E-state index is -0.130. The van der Waals surface area contributed by atoms with E-state index in [0.29, 0.717) is 0 Å². The quantitative estimate of drug-likeness (QED) is 0.765. The predicted molar refractivity (Wildman–Crippen MR) is 76.7 cm³/mol. The van der Waals surface area contributed by atoms with Crippen LogP contribution >= 0.6 is 0 Å². The fourth-order valence-corrected chi connectivity index (χ4v) is 2.43. The summed E-state index contributed by atoms with van der Waals surface area (Å²) in [6.07, 6.45) is 1.52. The molecule has 0 radical (unpaired) electrons. The van der Waals surface area contributed by atoms with E-state index in [1.807, 2.05) is 13.0 Å². The van der Waals surface area contributed by atoms with Crippen molar-refractivity contribution in [3.05, 3.63) is 28.3 Å². The predicted octanol–water partition coefficient (Wildman–Crippen LogP) is 3.36. The summed E-state index contributed by atoms with van der Waals surface area (Å²) >= 11 is 0. The van der Waals surface area contributed by atoms with Gasteiger partial charge in [-0.25, -0.2) is 0 Å². The molecule has 1 aromatic carbocycles. The van der Waals surface area contributed by atoms with E-state index in [2.05, 4.69) is 20.8 Å². The molecule has 0 saturated carbocycles. The molecule has 19 heavy (non-hydrogen) atoms. The first kappa shape index (κ1) is 15.5. The molecule has 0 saturated heterocycles. The maximum Gasteiger partial charge on any atom is 0.308 e. The van der Waals surface area contributed by atoms with Gasteiger partial charge < -0.3 is 9.47 Å². The molecular weight excluding hydrogens is 240 g/mol. The number of ether oxygens (including phenoxy) is 2. The van der Waals surface area contributed by atoms with Gasteiger partial charge in [-0.05, 0) is 61.9 Å². The third-order valence-electron chi connectivity index (χ3n) is 3.91. The van der Waals surface area contributed by atoms with E-state index >= 15 is 0 Å². The molecule has 0 aliphatic carbocycles. The Labute approximate surface area is 115 Å². The Hall–Kier alpha value is -1.51. The molecule has 3 heteroatoms. The average Bonchev–Trinajstić information content (AvgIpc) is 2.42. The summed E-state index contributed by atoms with van der Waals surface area (Å²) < 4.78 is 10.2. The van der Waals surface area contributed by atoms with Crippen LogP contribution in [0.15, 0.2) is 6.07 Å². The van der Waals surface area contributed by atoms with Gasteiger partial charge in [-0.1, -0.05) is 6.92 Å². The molecule has 1 unspecified atom stereocenters. The van der Waals surface area contributed by atoms with Crippen LogP contribution in [0.3, 0.4) is 0 Å². The lowest BCUT2D eigenvalue weighted by atomic mass is 9.89. The van der Waals surface area contributed by atoms with Gasteiger partial charge in [0.1, 0.15) is 5.75 Å². The Bertz CT molecular complexity index is 464. The molecule has 0 bridgehead atoms. The summed E-state index contributed by atoms with van der Waals surface area (Å²) in [5.74, 6) is 0.704. The first-order valence-corrected chi connectivity index (χ1v) is 6.67. The van der Waals surface area contributed by atoms with Crippen LogP contribution in [0.4, 0.5) is 0 Å². The van der Waals surface area contributed by atoms with Gasteiger partial charge in [0.2, 0.25) is 0 Å². The largest absolute Gasteiger partial charge is 0.496 e. The number of carbonyl (C=O) groups excluding carboxylic acids is 1. The summed E-state index contributed by atoms with van der Waals surface area (Å²) in [5, 5.41) is 0. The number of benzene rings is 1. The molecule has 1 rings (SSSR count). The number of methoxy groups -OCH3 is 2. The molecule has 0 amide bonds. The second-order valence-corrected chi connectivity index (χ2v) is 4.96. The van der Waals surface area contributed by atoms with Gasteiger partial charge >= 0.3 is 5.97 Å². The number of hydrogen-bond donors (Lipinski definition) is 0. The highest BCUT2D eigenvalue weighted by molar-refractivity contribution is 5.72. The molecule has 0 heterocycles. The summed E-state index contributed by atoms with van der Waals surface area (Å²) in [4.78, 5) is 11.7. The minimum absolute atomic E-state index is 0.0739. The highest BCUT2D eigenvalue weighted by atomic mass is 16.5. The minimum Gasteiger partial charge on any atom is -0.496 e. The first-order valence-electron chi connectivity index (χ1n) is 6.67. The van der Waals surface area contributed by atoms with Gasteiger partial charge in [-0.3, -0.25) is 4.79 Å². The SMILES string of the molecule is CCC(Cc1c(C)cc(OC)c(C)c1C)C(=O)OC. The standard InChI is InChI=1S/C16H24O3/c1-7-13(16(17)19-6)9-14-10(2)8-15(18-5)12(4)11(14)3/h8,13H,7,9H2,1-6H3. The Balaban J connectivity index is 3.14. The third kappa shape index (κ3) is 3.28. The number of carbonyl (C=O) groups is 1. The fraction of sp³-hybridized carbons (Fsp3) is 0.562. The van der Waals surface area contributed by atoms with Crippen molar-refractivity contribution < 1.29 is 14.3 Å². The van der Waals surface area contributed by atoms with Crippen molar-refractivity contribution in [3.8, 4) is 5.75 Å². The van der Waals surface area contributed by atoms with Gasteiger partial charge in [0.25, 0.3) is 0 Å². The normalized spacial score (nSPS) is 12.1. The summed E-state index contributed by atoms with van der Waals surface area (Å²) in [6.45, 7) is 8.22. The molecule has 1 atom stereocenters. The van der Waals surface area contributed by atoms with Gasteiger partial charge in [0, 0.05) is 0 Å². The van der Waals surface area contributed by atoms with Crippen LogP contribution in [-0.2, 0) is 16.0 Å². The Morgan fingerprint density at radius 2 is 1.84 bits per heavy atom. The van der Waals surface area contributed by atoms with Gasteiger partial charge in [-0.2, -0.15) is 0 Å². The molecule has 0 aromatic heterocycles. The summed E-state index contributed by atoms with van der Waals surface area (Å²) in [7, 11) is 3.13. The molecule has 0 spiro atoms. The first-order chi connectivity index (χ1) is 8.96. The van der Waals surface area contributed by atoms with Gasteiger partial charge in [0.15, 0.2) is 0 Å². The van der Waals surface area contributed by atoms with Crippen LogP contribution in [0, 0.1) is 26.7 Å². The van der Waals surface area contributed by atoms with Crippen LogP contribution in [-0.4, -0.2) is 20.2 Å². The second-order valence-electron chi connectivity index (χ2n) is 4.96. The molecule has 0 N–H and O–H groups in total. The third-order valence-corrected chi connectivity index (χ3v) is 3.91. The van der Waals surface area contributed by atoms with E-state index in [-0.39, 0.29) is 11.9 Å². The van der Waals surface area contributed by atoms with Crippen molar-refractivity contribution in [1.29, 1.82) is 0 Å². The number of aryl methyl sites for hydroxylation is 1. The summed E-state index contributed by atoms with van der Waals surface area (Å²) in [5.41, 5.74) is 4.75. The van der Waals surface area contributed by atoms with Gasteiger partial charge in [-0.15, -0.1) is 0 Å². The molecule has 1 aromatic rings. The van der Waals surface area contributed by atoms with Crippen molar-refractivity contribution in [2.75, 3.05) is 14.2 Å². The van der Waals surface area contributed by atoms with E-state index in [9.17, 15) is 4.79 Å². The van der Waals surface area contributed by atoms with E-state index in [1.54, 1.807) is 7.11 Å². The van der Waals surface area contributed by atoms with Crippen molar-refractivity contribution in [3.63, 3.8) is 0 Å². The zero-order valence-electron chi connectivity index (χ0n) is 12.8. The van der Waals surface area contributed by atoms with Crippen molar-refractivity contribution in [2.45, 2.75) is 40.5 Å². The highest BCUT2D eigenvalue weighted by Crippen LogP contribution is 2.29. The Morgan fingerprint density at radius 3 is 2.32 bits per heavy atom. The van der Waals surface area contributed by atoms with E-state index < -0.39 is 0 Å². The molecular formula is C16H24O3. The highest BCUT2D eigenvalue weighted by Gasteiger charge is 2.20. The van der Waals surface area contributed by atoms with Gasteiger partial charge in [0.05, 0.1) is 20.1 Å². The zero-order chi connectivity index (χ0) is 14.6. The lowest BCUT2D eigenvalue weighted by molar-refractivity contribution is -0.145. The fourth-order valence-electron chi connectivity index (χ4n) is 2.43. The molecule has 0 aliphatic heterocycles. The second kappa shape index (κ2) is 6.60. The molecule has 106 valence electrons. The van der Waals surface area contributed by atoms with Crippen LogP contribution in [0.25, 0.3) is 0 Å². The van der Waals surface area contributed by atoms with E-state index in [1.165, 1.54) is 23.8 Å². The maximum atomic E-state index is 11.7. The van der Waals surface area contributed by atoms with Crippen molar-refractivity contribution >= 4 is 5.97 Å². The number of hydrogen-bond acceptors (Lipinski definition) is 3. The summed E-state index contributed by atoms with van der Waals surface area (Å²) in [6, 6.07) is 2.04. The zero-order valence-corrected chi connectivity index (χ0v) is 12.8. The van der Waals surface area contributed by atoms with Crippen molar-refractivity contribution in [1.82, 2.24) is 0 Å². The number of esters is 1. The lowest BCUT2D eigenvalue weighted by Crippen LogP contribution is -2.19. The van der Waals surface area contributed by atoms with E-state index in [0.717, 1.165) is 24.2 Å². The van der Waals surface area contributed by atoms with Crippen LogP contribution in [0.5, 0.6) is 5.75 Å². The van der Waals surface area contributed by atoms with Crippen LogP contribution in [0.1, 0.15) is 35.6 Å². The Morgan fingerprint density at radius 1 is 1.21 bits per heavy atom. The Kier molecular flexibility index (Phi) is 5.40. The van der Waals surface area contributed by atoms with Crippen LogP contribution in [0.2, 0.25) is 0 Å². The van der Waals surface area contributed by atoms with Crippen molar-refractivity contribution in [2.24, 2.45) is 5.92 Å². The maximum absolute atomic E-state index is 11.7. The topological polar surface area (TPSA) is 35.5 Å². The number of rotatable bonds is 5. The monoisotopic (exact) mass is 264 g/mol. The molecule has 3 nitrogen and oxygen atoms in total.